The Hall–Kier alpha value is -1.07. The van der Waals surface area contributed by atoms with Gasteiger partial charge in [-0.25, -0.2) is 8.42 Å². The highest BCUT2D eigenvalue weighted by molar-refractivity contribution is 7.91. The molecule has 1 fully saturated rings. The van der Waals surface area contributed by atoms with E-state index in [-0.39, 0.29) is 16.8 Å². The van der Waals surface area contributed by atoms with E-state index >= 15 is 0 Å². The van der Waals surface area contributed by atoms with Gasteiger partial charge in [-0.15, -0.1) is 0 Å². The van der Waals surface area contributed by atoms with Crippen LogP contribution in [0.3, 0.4) is 0 Å². The van der Waals surface area contributed by atoms with E-state index in [0.717, 1.165) is 0 Å². The number of hydrogen-bond donors (Lipinski definition) is 0. The molecule has 0 aliphatic carbocycles. The molecule has 1 aliphatic heterocycles. The van der Waals surface area contributed by atoms with Crippen LogP contribution in [0.25, 0.3) is 0 Å². The van der Waals surface area contributed by atoms with Crippen molar-refractivity contribution in [2.75, 3.05) is 19.5 Å². The van der Waals surface area contributed by atoms with Crippen molar-refractivity contribution in [2.45, 2.75) is 11.0 Å². The van der Waals surface area contributed by atoms with Gasteiger partial charge in [0.2, 0.25) is 0 Å². The zero-order valence-electron chi connectivity index (χ0n) is 8.34. The van der Waals surface area contributed by atoms with Crippen molar-refractivity contribution >= 4 is 9.84 Å². The second-order valence-corrected chi connectivity index (χ2v) is 5.39. The van der Waals surface area contributed by atoms with E-state index in [1.165, 1.54) is 7.11 Å². The summed E-state index contributed by atoms with van der Waals surface area (Å²) in [5.41, 5.74) is 0. The first-order chi connectivity index (χ1) is 7.13. The van der Waals surface area contributed by atoms with Crippen molar-refractivity contribution in [1.29, 1.82) is 0 Å². The molecule has 5 heteroatoms. The fourth-order valence-electron chi connectivity index (χ4n) is 1.37. The Kier molecular flexibility index (Phi) is 2.67. The summed E-state index contributed by atoms with van der Waals surface area (Å²) < 4.78 is 33.7. The topological polar surface area (TPSA) is 55.9 Å². The molecular weight excluding hydrogens is 216 g/mol. The van der Waals surface area contributed by atoms with E-state index in [1.807, 2.05) is 0 Å². The standard InChI is InChI=1S/C10H12O4S/c1-13-9-4-2-3-5-10(9)15(11,12)7-8-6-14-8/h2-5,8H,6-7H2,1H3. The maximum Gasteiger partial charge on any atom is 0.184 e. The number of hydrogen-bond acceptors (Lipinski definition) is 4. The molecule has 1 heterocycles. The molecular formula is C10H12O4S. The number of benzene rings is 1. The minimum atomic E-state index is -3.29. The molecule has 82 valence electrons. The Balaban J connectivity index is 2.34. The third kappa shape index (κ3) is 2.30. The van der Waals surface area contributed by atoms with Gasteiger partial charge in [-0.1, -0.05) is 12.1 Å². The number of epoxide rings is 1. The summed E-state index contributed by atoms with van der Waals surface area (Å²) in [6, 6.07) is 6.62. The summed E-state index contributed by atoms with van der Waals surface area (Å²) >= 11 is 0. The van der Waals surface area contributed by atoms with Crippen LogP contribution in [0, 0.1) is 0 Å². The molecule has 0 spiro atoms. The van der Waals surface area contributed by atoms with Crippen molar-refractivity contribution in [3.8, 4) is 5.75 Å². The quantitative estimate of drug-likeness (QED) is 0.717. The third-order valence-corrected chi connectivity index (χ3v) is 4.03. The SMILES string of the molecule is COc1ccccc1S(=O)(=O)CC1CO1. The molecule has 1 aliphatic rings. The highest BCUT2D eigenvalue weighted by Crippen LogP contribution is 2.26. The molecule has 15 heavy (non-hydrogen) atoms. The Morgan fingerprint density at radius 2 is 2.13 bits per heavy atom. The first-order valence-electron chi connectivity index (χ1n) is 4.61. The van der Waals surface area contributed by atoms with E-state index < -0.39 is 9.84 Å². The van der Waals surface area contributed by atoms with Crippen molar-refractivity contribution < 1.29 is 17.9 Å². The highest BCUT2D eigenvalue weighted by Gasteiger charge is 2.31. The fraction of sp³-hybridized carbons (Fsp3) is 0.400. The van der Waals surface area contributed by atoms with Gasteiger partial charge in [-0.2, -0.15) is 0 Å². The molecule has 0 aromatic heterocycles. The molecule has 1 unspecified atom stereocenters. The molecule has 1 aromatic carbocycles. The maximum absolute atomic E-state index is 11.9. The number of rotatable bonds is 4. The highest BCUT2D eigenvalue weighted by atomic mass is 32.2. The minimum absolute atomic E-state index is 0.0351. The molecule has 4 nitrogen and oxygen atoms in total. The summed E-state index contributed by atoms with van der Waals surface area (Å²) in [6.07, 6.45) is -0.139. The van der Waals surface area contributed by atoms with E-state index in [4.69, 9.17) is 9.47 Å². The molecule has 1 atom stereocenters. The lowest BCUT2D eigenvalue weighted by molar-refractivity contribution is 0.401. The first-order valence-corrected chi connectivity index (χ1v) is 6.26. The normalized spacial score (nSPS) is 19.9. The van der Waals surface area contributed by atoms with Crippen LogP contribution in [0.15, 0.2) is 29.2 Å². The van der Waals surface area contributed by atoms with Crippen LogP contribution in [0.4, 0.5) is 0 Å². The van der Waals surface area contributed by atoms with Crippen LogP contribution >= 0.6 is 0 Å². The number of methoxy groups -OCH3 is 1. The summed E-state index contributed by atoms with van der Waals surface area (Å²) in [6.45, 7) is 0.536. The Morgan fingerprint density at radius 3 is 2.73 bits per heavy atom. The lowest BCUT2D eigenvalue weighted by Crippen LogP contribution is -2.12. The van der Waals surface area contributed by atoms with E-state index in [2.05, 4.69) is 0 Å². The monoisotopic (exact) mass is 228 g/mol. The van der Waals surface area contributed by atoms with Gasteiger partial charge in [0, 0.05) is 0 Å². The van der Waals surface area contributed by atoms with Crippen molar-refractivity contribution in [3.63, 3.8) is 0 Å². The molecule has 1 aromatic rings. The maximum atomic E-state index is 11.9. The molecule has 2 rings (SSSR count). The minimum Gasteiger partial charge on any atom is -0.495 e. The largest absolute Gasteiger partial charge is 0.495 e. The average Bonchev–Trinajstić information content (AvgIpc) is 3.01. The van der Waals surface area contributed by atoms with E-state index in [0.29, 0.717) is 12.4 Å². The summed E-state index contributed by atoms with van der Waals surface area (Å²) in [5.74, 6) is 0.422. The van der Waals surface area contributed by atoms with Gasteiger partial charge in [0.25, 0.3) is 0 Å². The molecule has 0 amide bonds. The van der Waals surface area contributed by atoms with Crippen LogP contribution in [-0.2, 0) is 14.6 Å². The second-order valence-electron chi connectivity index (χ2n) is 3.39. The Bertz CT molecular complexity index is 448. The predicted octanol–water partition coefficient (Wildman–Crippen LogP) is 0.868. The summed E-state index contributed by atoms with van der Waals surface area (Å²) in [4.78, 5) is 0.239. The lowest BCUT2D eigenvalue weighted by atomic mass is 10.3. The zero-order chi connectivity index (χ0) is 10.9. The lowest BCUT2D eigenvalue weighted by Gasteiger charge is -2.07. The van der Waals surface area contributed by atoms with Crippen LogP contribution < -0.4 is 4.74 Å². The number of sulfone groups is 1. The van der Waals surface area contributed by atoms with Crippen LogP contribution in [0.5, 0.6) is 5.75 Å². The van der Waals surface area contributed by atoms with Gasteiger partial charge in [0.1, 0.15) is 10.6 Å². The molecule has 0 radical (unpaired) electrons. The van der Waals surface area contributed by atoms with Crippen molar-refractivity contribution in [3.05, 3.63) is 24.3 Å². The number of ether oxygens (including phenoxy) is 2. The van der Waals surface area contributed by atoms with Gasteiger partial charge in [-0.05, 0) is 12.1 Å². The average molecular weight is 228 g/mol. The van der Waals surface area contributed by atoms with Gasteiger partial charge >= 0.3 is 0 Å². The van der Waals surface area contributed by atoms with E-state index in [9.17, 15) is 8.42 Å². The van der Waals surface area contributed by atoms with Crippen molar-refractivity contribution in [2.24, 2.45) is 0 Å². The summed E-state index contributed by atoms with van der Waals surface area (Å²) in [5, 5.41) is 0. The number of para-hydroxylation sites is 1. The summed E-state index contributed by atoms with van der Waals surface area (Å²) in [7, 11) is -1.83. The molecule has 0 saturated carbocycles. The van der Waals surface area contributed by atoms with Gasteiger partial charge in [-0.3, -0.25) is 0 Å². The zero-order valence-corrected chi connectivity index (χ0v) is 9.16. The molecule has 1 saturated heterocycles. The van der Waals surface area contributed by atoms with E-state index in [1.54, 1.807) is 24.3 Å². The van der Waals surface area contributed by atoms with Crippen molar-refractivity contribution in [1.82, 2.24) is 0 Å². The van der Waals surface area contributed by atoms with Crippen LogP contribution in [-0.4, -0.2) is 34.0 Å². The predicted molar refractivity (Wildman–Crippen MR) is 54.8 cm³/mol. The Morgan fingerprint density at radius 1 is 1.47 bits per heavy atom. The molecule has 0 N–H and O–H groups in total. The van der Waals surface area contributed by atoms with Crippen LogP contribution in [0.2, 0.25) is 0 Å². The first kappa shape index (κ1) is 10.4. The second kappa shape index (κ2) is 3.83. The van der Waals surface area contributed by atoms with Gasteiger partial charge in [0.05, 0.1) is 25.6 Å². The van der Waals surface area contributed by atoms with Gasteiger partial charge < -0.3 is 9.47 Å². The smallest absolute Gasteiger partial charge is 0.184 e. The van der Waals surface area contributed by atoms with Crippen LogP contribution in [0.1, 0.15) is 0 Å². The third-order valence-electron chi connectivity index (χ3n) is 2.21. The molecule has 0 bridgehead atoms. The fourth-order valence-corrected chi connectivity index (χ4v) is 2.98. The van der Waals surface area contributed by atoms with Gasteiger partial charge in [0.15, 0.2) is 9.84 Å². The Labute approximate surface area is 88.7 Å².